The highest BCUT2D eigenvalue weighted by atomic mass is 14.2. The summed E-state index contributed by atoms with van der Waals surface area (Å²) in [6.07, 6.45) is 13.1. The number of hydrogen-bond acceptors (Lipinski definition) is 0. The lowest BCUT2D eigenvalue weighted by atomic mass is 9.95. The first-order valence-corrected chi connectivity index (χ1v) is 7.55. The van der Waals surface area contributed by atoms with Gasteiger partial charge in [-0.15, -0.1) is 0 Å². The van der Waals surface area contributed by atoms with Crippen LogP contribution in [0, 0.1) is 0 Å². The van der Waals surface area contributed by atoms with Crippen LogP contribution in [-0.4, -0.2) is 0 Å². The van der Waals surface area contributed by atoms with Gasteiger partial charge in [-0.2, -0.15) is 0 Å². The molecule has 2 aromatic carbocycles. The van der Waals surface area contributed by atoms with Crippen molar-refractivity contribution >= 4 is 11.1 Å². The van der Waals surface area contributed by atoms with E-state index >= 15 is 0 Å². The Bertz CT molecular complexity index is 770. The summed E-state index contributed by atoms with van der Waals surface area (Å²) in [7, 11) is 0. The van der Waals surface area contributed by atoms with Crippen molar-refractivity contribution in [3.63, 3.8) is 0 Å². The molecule has 0 amide bonds. The zero-order chi connectivity index (χ0) is 14.8. The number of benzene rings is 2. The average molecular weight is 280 g/mol. The summed E-state index contributed by atoms with van der Waals surface area (Å²) in [5.41, 5.74) is 7.67. The molecule has 104 valence electrons. The lowest BCUT2D eigenvalue weighted by Crippen LogP contribution is -1.86. The van der Waals surface area contributed by atoms with Crippen molar-refractivity contribution in [2.24, 2.45) is 0 Å². The SMILES string of the molecule is C1=CC(=C2C=C(c3ccccc3)C(c3ccccc3)=C2)C=C1. The summed E-state index contributed by atoms with van der Waals surface area (Å²) in [6.45, 7) is 0. The Labute approximate surface area is 131 Å². The molecule has 0 atom stereocenters. The van der Waals surface area contributed by atoms with Crippen molar-refractivity contribution in [1.29, 1.82) is 0 Å². The van der Waals surface area contributed by atoms with Crippen LogP contribution >= 0.6 is 0 Å². The summed E-state index contributed by atoms with van der Waals surface area (Å²) in [4.78, 5) is 0. The van der Waals surface area contributed by atoms with E-state index in [2.05, 4.69) is 97.1 Å². The van der Waals surface area contributed by atoms with Crippen LogP contribution in [-0.2, 0) is 0 Å². The Morgan fingerprint density at radius 3 is 1.36 bits per heavy atom. The molecule has 2 aliphatic rings. The lowest BCUT2D eigenvalue weighted by Gasteiger charge is -2.08. The second-order valence-corrected chi connectivity index (χ2v) is 5.48. The fourth-order valence-corrected chi connectivity index (χ4v) is 2.95. The lowest BCUT2D eigenvalue weighted by molar-refractivity contribution is 1.60. The molecule has 22 heavy (non-hydrogen) atoms. The molecule has 0 saturated heterocycles. The number of hydrogen-bond donors (Lipinski definition) is 0. The van der Waals surface area contributed by atoms with Gasteiger partial charge >= 0.3 is 0 Å². The molecule has 0 bridgehead atoms. The summed E-state index contributed by atoms with van der Waals surface area (Å²) >= 11 is 0. The Hall–Kier alpha value is -2.86. The molecule has 0 unspecified atom stereocenters. The van der Waals surface area contributed by atoms with Gasteiger partial charge in [0.1, 0.15) is 0 Å². The maximum atomic E-state index is 2.30. The number of allylic oxidation sites excluding steroid dienone is 10. The van der Waals surface area contributed by atoms with Gasteiger partial charge < -0.3 is 0 Å². The fourth-order valence-electron chi connectivity index (χ4n) is 2.95. The van der Waals surface area contributed by atoms with E-state index in [1.807, 2.05) is 0 Å². The van der Waals surface area contributed by atoms with Gasteiger partial charge in [0, 0.05) is 0 Å². The molecule has 0 N–H and O–H groups in total. The molecule has 0 aliphatic heterocycles. The van der Waals surface area contributed by atoms with Crippen molar-refractivity contribution in [3.05, 3.63) is 119 Å². The van der Waals surface area contributed by atoms with Gasteiger partial charge in [0.15, 0.2) is 0 Å². The van der Waals surface area contributed by atoms with E-state index in [1.54, 1.807) is 0 Å². The van der Waals surface area contributed by atoms with Crippen molar-refractivity contribution in [2.75, 3.05) is 0 Å². The van der Waals surface area contributed by atoms with Crippen LogP contribution in [0.25, 0.3) is 11.1 Å². The maximum absolute atomic E-state index is 2.30. The molecule has 0 saturated carbocycles. The molecule has 0 heterocycles. The largest absolute Gasteiger partial charge is 0.0622 e. The van der Waals surface area contributed by atoms with Crippen LogP contribution in [0.3, 0.4) is 0 Å². The first-order chi connectivity index (χ1) is 10.9. The minimum absolute atomic E-state index is 1.26. The first kappa shape index (κ1) is 12.8. The molecule has 0 radical (unpaired) electrons. The van der Waals surface area contributed by atoms with Crippen molar-refractivity contribution in [1.82, 2.24) is 0 Å². The normalized spacial score (nSPS) is 16.2. The minimum Gasteiger partial charge on any atom is -0.0622 e. The number of rotatable bonds is 2. The van der Waals surface area contributed by atoms with E-state index in [4.69, 9.17) is 0 Å². The van der Waals surface area contributed by atoms with Gasteiger partial charge in [-0.1, -0.05) is 85.0 Å². The van der Waals surface area contributed by atoms with Crippen LogP contribution in [0.4, 0.5) is 0 Å². The molecule has 0 heteroatoms. The third-order valence-corrected chi connectivity index (χ3v) is 4.06. The van der Waals surface area contributed by atoms with Crippen molar-refractivity contribution < 1.29 is 0 Å². The van der Waals surface area contributed by atoms with Gasteiger partial charge in [-0.3, -0.25) is 0 Å². The molecule has 0 spiro atoms. The minimum atomic E-state index is 1.26. The second-order valence-electron chi connectivity index (χ2n) is 5.48. The fraction of sp³-hybridized carbons (Fsp3) is 0. The molecular weight excluding hydrogens is 264 g/mol. The van der Waals surface area contributed by atoms with Gasteiger partial charge in [-0.25, -0.2) is 0 Å². The van der Waals surface area contributed by atoms with E-state index < -0.39 is 0 Å². The van der Waals surface area contributed by atoms with E-state index in [1.165, 1.54) is 33.4 Å². The second kappa shape index (κ2) is 5.50. The van der Waals surface area contributed by atoms with Crippen LogP contribution in [0.1, 0.15) is 11.1 Å². The topological polar surface area (TPSA) is 0 Å². The molecule has 0 fully saturated rings. The van der Waals surface area contributed by atoms with E-state index in [-0.39, 0.29) is 0 Å². The van der Waals surface area contributed by atoms with E-state index in [0.29, 0.717) is 0 Å². The standard InChI is InChI=1S/C22H16/c1-3-11-18(12-4-1)21-15-20(17-9-7-8-10-17)16-22(21)19-13-5-2-6-14-19/h1-16H. The first-order valence-electron chi connectivity index (χ1n) is 7.55. The maximum Gasteiger partial charge on any atom is -0.00990 e. The molecule has 2 aliphatic carbocycles. The van der Waals surface area contributed by atoms with Crippen LogP contribution in [0.15, 0.2) is 108 Å². The quantitative estimate of drug-likeness (QED) is 0.672. The zero-order valence-electron chi connectivity index (χ0n) is 12.2. The Morgan fingerprint density at radius 2 is 0.909 bits per heavy atom. The highest BCUT2D eigenvalue weighted by molar-refractivity contribution is 6.10. The predicted molar refractivity (Wildman–Crippen MR) is 94.1 cm³/mol. The molecule has 2 aromatic rings. The van der Waals surface area contributed by atoms with Crippen molar-refractivity contribution in [2.45, 2.75) is 0 Å². The third kappa shape index (κ3) is 2.29. The van der Waals surface area contributed by atoms with Crippen LogP contribution in [0.5, 0.6) is 0 Å². The molecular formula is C22H16. The monoisotopic (exact) mass is 280 g/mol. The summed E-state index contributed by atoms with van der Waals surface area (Å²) < 4.78 is 0. The summed E-state index contributed by atoms with van der Waals surface area (Å²) in [5, 5.41) is 0. The van der Waals surface area contributed by atoms with E-state index in [0.717, 1.165) is 0 Å². The highest BCUT2D eigenvalue weighted by Crippen LogP contribution is 2.39. The summed E-state index contributed by atoms with van der Waals surface area (Å²) in [6, 6.07) is 21.2. The summed E-state index contributed by atoms with van der Waals surface area (Å²) in [5.74, 6) is 0. The van der Waals surface area contributed by atoms with Crippen LogP contribution in [0.2, 0.25) is 0 Å². The van der Waals surface area contributed by atoms with Crippen LogP contribution < -0.4 is 0 Å². The van der Waals surface area contributed by atoms with Gasteiger partial charge in [0.2, 0.25) is 0 Å². The molecule has 0 aromatic heterocycles. The highest BCUT2D eigenvalue weighted by Gasteiger charge is 2.17. The smallest absolute Gasteiger partial charge is 0.00990 e. The Balaban J connectivity index is 1.89. The van der Waals surface area contributed by atoms with E-state index in [9.17, 15) is 0 Å². The third-order valence-electron chi connectivity index (χ3n) is 4.06. The molecule has 0 nitrogen and oxygen atoms in total. The van der Waals surface area contributed by atoms with Crippen molar-refractivity contribution in [3.8, 4) is 0 Å². The van der Waals surface area contributed by atoms with Gasteiger partial charge in [0.05, 0.1) is 0 Å². The predicted octanol–water partition coefficient (Wildman–Crippen LogP) is 5.59. The zero-order valence-corrected chi connectivity index (χ0v) is 12.2. The Kier molecular flexibility index (Phi) is 3.21. The Morgan fingerprint density at radius 1 is 0.455 bits per heavy atom. The average Bonchev–Trinajstić information content (AvgIpc) is 3.26. The molecule has 4 rings (SSSR count). The van der Waals surface area contributed by atoms with Gasteiger partial charge in [-0.05, 0) is 45.6 Å². The van der Waals surface area contributed by atoms with Gasteiger partial charge in [0.25, 0.3) is 0 Å².